The summed E-state index contributed by atoms with van der Waals surface area (Å²) in [4.78, 5) is 10.1. The van der Waals surface area contributed by atoms with Crippen molar-refractivity contribution in [3.05, 3.63) is 0 Å². The normalized spacial score (nSPS) is 30.9. The van der Waals surface area contributed by atoms with E-state index in [1.54, 1.807) is 0 Å². The summed E-state index contributed by atoms with van der Waals surface area (Å²) < 4.78 is 0. The molecule has 1 aliphatic carbocycles. The Bertz CT molecular complexity index is 136. The molecule has 4 N–H and O–H groups in total. The lowest BCUT2D eigenvalue weighted by Crippen LogP contribution is -2.49. The van der Waals surface area contributed by atoms with Gasteiger partial charge in [0.05, 0.1) is 0 Å². The third-order valence-corrected chi connectivity index (χ3v) is 2.03. The fourth-order valence-corrected chi connectivity index (χ4v) is 1.20. The first kappa shape index (κ1) is 7.34. The van der Waals surface area contributed by atoms with Crippen molar-refractivity contribution in [3.63, 3.8) is 0 Å². The van der Waals surface area contributed by atoms with Crippen molar-refractivity contribution in [1.82, 2.24) is 5.32 Å². The van der Waals surface area contributed by atoms with Gasteiger partial charge in [0.2, 0.25) is 0 Å². The topological polar surface area (TPSA) is 75.3 Å². The molecule has 0 aromatic rings. The van der Waals surface area contributed by atoms with E-state index >= 15 is 0 Å². The van der Waals surface area contributed by atoms with Gasteiger partial charge in [0, 0.05) is 6.04 Å². The molecule has 1 rings (SSSR count). The lowest BCUT2D eigenvalue weighted by molar-refractivity contribution is 0.162. The Morgan fingerprint density at radius 1 is 1.70 bits per heavy atom. The van der Waals surface area contributed by atoms with E-state index in [-0.39, 0.29) is 6.04 Å². The predicted octanol–water partition coefficient (Wildman–Crippen LogP) is -0.00870. The SMILES string of the molecule is NC[C@H]1CC[C@@H]1NC(=O)O. The quantitative estimate of drug-likeness (QED) is 0.510. The van der Waals surface area contributed by atoms with Gasteiger partial charge in [-0.15, -0.1) is 0 Å². The number of carboxylic acid groups (broad SMARTS) is 1. The third kappa shape index (κ3) is 1.39. The zero-order valence-corrected chi connectivity index (χ0v) is 5.71. The molecule has 0 aliphatic heterocycles. The number of hydrogen-bond donors (Lipinski definition) is 3. The molecule has 1 fully saturated rings. The van der Waals surface area contributed by atoms with E-state index in [0.29, 0.717) is 12.5 Å². The Balaban J connectivity index is 2.23. The average molecular weight is 144 g/mol. The van der Waals surface area contributed by atoms with Gasteiger partial charge in [-0.25, -0.2) is 4.79 Å². The molecule has 10 heavy (non-hydrogen) atoms. The Hall–Kier alpha value is -0.770. The van der Waals surface area contributed by atoms with E-state index in [4.69, 9.17) is 10.8 Å². The molecular weight excluding hydrogens is 132 g/mol. The van der Waals surface area contributed by atoms with Gasteiger partial charge in [0.1, 0.15) is 0 Å². The lowest BCUT2D eigenvalue weighted by atomic mass is 9.80. The summed E-state index contributed by atoms with van der Waals surface area (Å²) in [5, 5.41) is 10.7. The Kier molecular flexibility index (Phi) is 2.11. The van der Waals surface area contributed by atoms with Crippen molar-refractivity contribution < 1.29 is 9.90 Å². The molecule has 1 aliphatic rings. The maximum atomic E-state index is 10.1. The largest absolute Gasteiger partial charge is 0.465 e. The highest BCUT2D eigenvalue weighted by Gasteiger charge is 2.30. The average Bonchev–Trinajstić information content (AvgIpc) is 1.82. The molecule has 1 amide bonds. The molecule has 0 bridgehead atoms. The van der Waals surface area contributed by atoms with Crippen molar-refractivity contribution in [1.29, 1.82) is 0 Å². The molecule has 0 unspecified atom stereocenters. The summed E-state index contributed by atoms with van der Waals surface area (Å²) in [5.41, 5.74) is 5.37. The molecule has 4 nitrogen and oxygen atoms in total. The van der Waals surface area contributed by atoms with Crippen LogP contribution in [0.1, 0.15) is 12.8 Å². The van der Waals surface area contributed by atoms with E-state index < -0.39 is 6.09 Å². The monoisotopic (exact) mass is 144 g/mol. The second kappa shape index (κ2) is 2.88. The van der Waals surface area contributed by atoms with Crippen LogP contribution < -0.4 is 11.1 Å². The van der Waals surface area contributed by atoms with Crippen LogP contribution in [0.4, 0.5) is 4.79 Å². The van der Waals surface area contributed by atoms with Crippen molar-refractivity contribution in [2.24, 2.45) is 11.7 Å². The Morgan fingerprint density at radius 2 is 2.40 bits per heavy atom. The fourth-order valence-electron chi connectivity index (χ4n) is 1.20. The van der Waals surface area contributed by atoms with Crippen molar-refractivity contribution in [3.8, 4) is 0 Å². The summed E-state index contributed by atoms with van der Waals surface area (Å²) in [7, 11) is 0. The van der Waals surface area contributed by atoms with Gasteiger partial charge in [0.25, 0.3) is 0 Å². The van der Waals surface area contributed by atoms with Crippen LogP contribution in [0.15, 0.2) is 0 Å². The van der Waals surface area contributed by atoms with Gasteiger partial charge < -0.3 is 16.2 Å². The second-order valence-corrected chi connectivity index (χ2v) is 2.63. The smallest absolute Gasteiger partial charge is 0.404 e. The number of carbonyl (C=O) groups is 1. The van der Waals surface area contributed by atoms with E-state index in [2.05, 4.69) is 5.32 Å². The molecule has 2 atom stereocenters. The Morgan fingerprint density at radius 3 is 2.70 bits per heavy atom. The summed E-state index contributed by atoms with van der Waals surface area (Å²) in [6, 6.07) is 0.113. The second-order valence-electron chi connectivity index (χ2n) is 2.63. The van der Waals surface area contributed by atoms with Gasteiger partial charge in [0.15, 0.2) is 0 Å². The van der Waals surface area contributed by atoms with Crippen LogP contribution >= 0.6 is 0 Å². The summed E-state index contributed by atoms with van der Waals surface area (Å²) in [6.45, 7) is 0.588. The molecule has 0 aromatic carbocycles. The van der Waals surface area contributed by atoms with Crippen molar-refractivity contribution in [2.75, 3.05) is 6.54 Å². The van der Waals surface area contributed by atoms with E-state index in [1.807, 2.05) is 0 Å². The number of nitrogens with two attached hydrogens (primary N) is 1. The van der Waals surface area contributed by atoms with Crippen LogP contribution in [0.2, 0.25) is 0 Å². The predicted molar refractivity (Wildman–Crippen MR) is 36.7 cm³/mol. The van der Waals surface area contributed by atoms with E-state index in [1.165, 1.54) is 0 Å². The summed E-state index contributed by atoms with van der Waals surface area (Å²) in [5.74, 6) is 0.371. The van der Waals surface area contributed by atoms with Gasteiger partial charge in [-0.3, -0.25) is 0 Å². The van der Waals surface area contributed by atoms with Crippen LogP contribution in [0.5, 0.6) is 0 Å². The maximum Gasteiger partial charge on any atom is 0.404 e. The summed E-state index contributed by atoms with van der Waals surface area (Å²) in [6.07, 6.45) is 1.05. The van der Waals surface area contributed by atoms with Crippen LogP contribution in [0, 0.1) is 5.92 Å². The lowest BCUT2D eigenvalue weighted by Gasteiger charge is -2.35. The molecule has 0 spiro atoms. The minimum atomic E-state index is -0.942. The first-order chi connectivity index (χ1) is 4.74. The maximum absolute atomic E-state index is 10.1. The van der Waals surface area contributed by atoms with Crippen LogP contribution in [0.25, 0.3) is 0 Å². The van der Waals surface area contributed by atoms with Gasteiger partial charge in [-0.1, -0.05) is 0 Å². The zero-order valence-electron chi connectivity index (χ0n) is 5.71. The Labute approximate surface area is 59.4 Å². The molecule has 0 radical (unpaired) electrons. The van der Waals surface area contributed by atoms with Crippen molar-refractivity contribution in [2.45, 2.75) is 18.9 Å². The molecule has 0 saturated heterocycles. The minimum Gasteiger partial charge on any atom is -0.465 e. The van der Waals surface area contributed by atoms with Gasteiger partial charge >= 0.3 is 6.09 Å². The standard InChI is InChI=1S/C6H12N2O2/c7-3-4-1-2-5(4)8-6(9)10/h4-5,8H,1-3,7H2,(H,9,10)/t4-,5+/m1/s1. The number of rotatable bonds is 2. The van der Waals surface area contributed by atoms with Crippen LogP contribution in [-0.4, -0.2) is 23.8 Å². The number of nitrogens with one attached hydrogen (secondary N) is 1. The third-order valence-electron chi connectivity index (χ3n) is 2.03. The molecule has 4 heteroatoms. The van der Waals surface area contributed by atoms with Gasteiger partial charge in [-0.05, 0) is 25.3 Å². The molecular formula is C6H12N2O2. The van der Waals surface area contributed by atoms with Gasteiger partial charge in [-0.2, -0.15) is 0 Å². The highest BCUT2D eigenvalue weighted by atomic mass is 16.4. The van der Waals surface area contributed by atoms with Crippen molar-refractivity contribution >= 4 is 6.09 Å². The fraction of sp³-hybridized carbons (Fsp3) is 0.833. The molecule has 1 saturated carbocycles. The summed E-state index contributed by atoms with van der Waals surface area (Å²) >= 11 is 0. The highest BCUT2D eigenvalue weighted by Crippen LogP contribution is 2.25. The molecule has 0 heterocycles. The van der Waals surface area contributed by atoms with Crippen LogP contribution in [0.3, 0.4) is 0 Å². The number of amides is 1. The van der Waals surface area contributed by atoms with Crippen LogP contribution in [-0.2, 0) is 0 Å². The first-order valence-corrected chi connectivity index (χ1v) is 3.43. The van der Waals surface area contributed by atoms with E-state index in [0.717, 1.165) is 12.8 Å². The molecule has 0 aromatic heterocycles. The zero-order chi connectivity index (χ0) is 7.56. The highest BCUT2D eigenvalue weighted by molar-refractivity contribution is 5.65. The minimum absolute atomic E-state index is 0.113. The first-order valence-electron chi connectivity index (χ1n) is 3.43. The number of hydrogen-bond acceptors (Lipinski definition) is 2. The van der Waals surface area contributed by atoms with E-state index in [9.17, 15) is 4.79 Å². The molecule has 58 valence electrons.